The van der Waals surface area contributed by atoms with Crippen LogP contribution in [0.4, 0.5) is 9.18 Å². The lowest BCUT2D eigenvalue weighted by Gasteiger charge is -2.25. The molecule has 0 spiro atoms. The molecule has 218 valence electrons. The molecule has 4 amide bonds. The summed E-state index contributed by atoms with van der Waals surface area (Å²) in [6, 6.07) is 3.79. The lowest BCUT2D eigenvalue weighted by Crippen LogP contribution is -2.35. The van der Waals surface area contributed by atoms with Crippen molar-refractivity contribution in [1.29, 1.82) is 0 Å². The van der Waals surface area contributed by atoms with E-state index in [0.717, 1.165) is 23.4 Å². The van der Waals surface area contributed by atoms with E-state index in [-0.39, 0.29) is 17.2 Å². The third-order valence-electron chi connectivity index (χ3n) is 6.10. The van der Waals surface area contributed by atoms with Crippen LogP contribution in [0.25, 0.3) is 0 Å². The molecule has 2 aromatic rings. The van der Waals surface area contributed by atoms with Crippen LogP contribution in [0.1, 0.15) is 36.2 Å². The van der Waals surface area contributed by atoms with Gasteiger partial charge < -0.3 is 19.7 Å². The molecule has 2 N–H and O–H groups in total. The number of ether oxygens (including phenoxy) is 2. The number of terminal acetylenes is 1. The number of aromatic nitrogens is 2. The third kappa shape index (κ3) is 8.28. The first-order valence-corrected chi connectivity index (χ1v) is 12.7. The number of fused-ring (bicyclic) bond motifs is 1. The van der Waals surface area contributed by atoms with E-state index in [1.165, 1.54) is 19.1 Å². The predicted molar refractivity (Wildman–Crippen MR) is 153 cm³/mol. The van der Waals surface area contributed by atoms with Gasteiger partial charge in [-0.25, -0.2) is 13.9 Å². The number of nitrogens with one attached hydrogen (secondary N) is 2. The molecule has 4 rings (SSSR count). The number of amides is 4. The van der Waals surface area contributed by atoms with Crippen molar-refractivity contribution in [2.45, 2.75) is 32.7 Å². The molecule has 11 nitrogen and oxygen atoms in total. The van der Waals surface area contributed by atoms with Gasteiger partial charge in [-0.2, -0.15) is 5.10 Å². The molecule has 1 aromatic heterocycles. The molecule has 0 radical (unpaired) electrons. The molecule has 0 bridgehead atoms. The standard InChI is InChI=1S/C16H21N5O3.C11H12FNO2.C2H2/c1-4-6-12(10-17-11(2)21-8-5-7-18-21)9-13(24-3)14-15(22)20-16(23)19-14;1-13-6-5-7-3-4-8(15-2)10(12)9(7)11(13)14;1-2/h5-9,14H,4,10H2,1-3H3,(H2,19,20,22,23);3-4H,5-6H2,1-2H3;1-2H/b12-6-,13-9-,17-11?;;. The van der Waals surface area contributed by atoms with Gasteiger partial charge in [-0.1, -0.05) is 19.1 Å². The Balaban J connectivity index is 0.000000296. The zero-order valence-corrected chi connectivity index (χ0v) is 23.8. The van der Waals surface area contributed by atoms with Crippen molar-refractivity contribution in [1.82, 2.24) is 25.3 Å². The summed E-state index contributed by atoms with van der Waals surface area (Å²) in [5.74, 6) is -0.0111. The number of likely N-dealkylation sites (N-methyl/N-ethyl adjacent to an activating group) is 1. The van der Waals surface area contributed by atoms with E-state index in [0.29, 0.717) is 25.3 Å². The summed E-state index contributed by atoms with van der Waals surface area (Å²) in [7, 11) is 4.53. The van der Waals surface area contributed by atoms with Crippen LogP contribution < -0.4 is 15.4 Å². The fraction of sp³-hybridized carbons (Fsp3) is 0.345. The molecule has 3 heterocycles. The number of carbonyl (C=O) groups is 3. The van der Waals surface area contributed by atoms with Gasteiger partial charge in [0.15, 0.2) is 17.6 Å². The largest absolute Gasteiger partial charge is 0.498 e. The molecular weight excluding hydrogens is 531 g/mol. The molecule has 2 aliphatic rings. The quantitative estimate of drug-likeness (QED) is 0.133. The second-order valence-corrected chi connectivity index (χ2v) is 8.74. The van der Waals surface area contributed by atoms with Gasteiger partial charge in [-0.15, -0.1) is 12.8 Å². The SMILES string of the molecule is C#C.CC/C=C(/C=C(\OC)C1NC(=O)NC1=O)CN=C(C)n1cccn1.COc1ccc2c(c1F)C(=O)N(C)CC2. The van der Waals surface area contributed by atoms with Crippen LogP contribution in [0.5, 0.6) is 5.75 Å². The Bertz CT molecular complexity index is 1350. The van der Waals surface area contributed by atoms with Gasteiger partial charge >= 0.3 is 6.03 Å². The second kappa shape index (κ2) is 15.6. The fourth-order valence-corrected chi connectivity index (χ4v) is 4.00. The number of benzene rings is 1. The predicted octanol–water partition coefficient (Wildman–Crippen LogP) is 2.94. The van der Waals surface area contributed by atoms with Crippen molar-refractivity contribution in [3.63, 3.8) is 0 Å². The number of hydrogen-bond donors (Lipinski definition) is 2. The summed E-state index contributed by atoms with van der Waals surface area (Å²) in [6.45, 7) is 4.92. The average molecular weight is 567 g/mol. The van der Waals surface area contributed by atoms with Crippen LogP contribution in [0.3, 0.4) is 0 Å². The third-order valence-corrected chi connectivity index (χ3v) is 6.10. The molecule has 1 unspecified atom stereocenters. The number of urea groups is 1. The normalized spacial score (nSPS) is 16.9. The maximum Gasteiger partial charge on any atom is 0.322 e. The number of allylic oxidation sites excluding steroid dienone is 1. The highest BCUT2D eigenvalue weighted by atomic mass is 19.1. The molecule has 12 heteroatoms. The van der Waals surface area contributed by atoms with Gasteiger partial charge in [-0.05, 0) is 49.1 Å². The van der Waals surface area contributed by atoms with Crippen molar-refractivity contribution < 1.29 is 28.2 Å². The lowest BCUT2D eigenvalue weighted by atomic mass is 9.98. The Morgan fingerprint density at radius 2 is 2.00 bits per heavy atom. The number of rotatable bonds is 7. The van der Waals surface area contributed by atoms with Crippen LogP contribution in [0.2, 0.25) is 0 Å². The Morgan fingerprint density at radius 3 is 2.56 bits per heavy atom. The molecule has 1 aromatic carbocycles. The maximum atomic E-state index is 13.8. The fourth-order valence-electron chi connectivity index (χ4n) is 4.00. The topological polar surface area (TPSA) is 127 Å². The summed E-state index contributed by atoms with van der Waals surface area (Å²) >= 11 is 0. The molecule has 41 heavy (non-hydrogen) atoms. The van der Waals surface area contributed by atoms with Crippen molar-refractivity contribution in [2.24, 2.45) is 4.99 Å². The number of aliphatic imine (C=N–C) groups is 1. The number of methoxy groups -OCH3 is 2. The van der Waals surface area contributed by atoms with Crippen LogP contribution >= 0.6 is 0 Å². The molecular formula is C29H35FN6O5. The highest BCUT2D eigenvalue weighted by Gasteiger charge is 2.33. The van der Waals surface area contributed by atoms with Crippen molar-refractivity contribution in [2.75, 3.05) is 34.4 Å². The minimum atomic E-state index is -0.820. The van der Waals surface area contributed by atoms with Gasteiger partial charge in [0.2, 0.25) is 0 Å². The van der Waals surface area contributed by atoms with E-state index < -0.39 is 23.8 Å². The van der Waals surface area contributed by atoms with Crippen molar-refractivity contribution >= 4 is 23.7 Å². The molecule has 2 aliphatic heterocycles. The lowest BCUT2D eigenvalue weighted by molar-refractivity contribution is -0.120. The zero-order valence-electron chi connectivity index (χ0n) is 23.8. The van der Waals surface area contributed by atoms with Gasteiger partial charge in [0.1, 0.15) is 11.6 Å². The second-order valence-electron chi connectivity index (χ2n) is 8.74. The molecule has 0 saturated carbocycles. The van der Waals surface area contributed by atoms with E-state index in [2.05, 4.69) is 33.6 Å². The minimum Gasteiger partial charge on any atom is -0.498 e. The maximum absolute atomic E-state index is 13.8. The summed E-state index contributed by atoms with van der Waals surface area (Å²) in [4.78, 5) is 40.8. The molecule has 1 fully saturated rings. The molecule has 1 atom stereocenters. The molecule has 1 saturated heterocycles. The van der Waals surface area contributed by atoms with Crippen molar-refractivity contribution in [3.05, 3.63) is 71.0 Å². The summed E-state index contributed by atoms with van der Waals surface area (Å²) in [6.07, 6.45) is 16.7. The van der Waals surface area contributed by atoms with Crippen LogP contribution in [-0.2, 0) is 16.0 Å². The first kappa shape index (κ1) is 32.3. The Kier molecular flexibility index (Phi) is 12.3. The smallest absolute Gasteiger partial charge is 0.322 e. The van der Waals surface area contributed by atoms with Gasteiger partial charge in [0.05, 0.1) is 26.3 Å². The van der Waals surface area contributed by atoms with E-state index in [4.69, 9.17) is 9.47 Å². The van der Waals surface area contributed by atoms with Crippen molar-refractivity contribution in [3.8, 4) is 18.6 Å². The van der Waals surface area contributed by atoms with E-state index >= 15 is 0 Å². The Labute approximate surface area is 239 Å². The Morgan fingerprint density at radius 1 is 1.27 bits per heavy atom. The first-order chi connectivity index (χ1) is 19.7. The van der Waals surface area contributed by atoms with Crippen LogP contribution in [0, 0.1) is 18.7 Å². The van der Waals surface area contributed by atoms with E-state index in [1.807, 2.05) is 32.2 Å². The van der Waals surface area contributed by atoms with Crippen LogP contribution in [0.15, 0.2) is 59.1 Å². The average Bonchev–Trinajstić information content (AvgIpc) is 3.63. The number of carbonyl (C=O) groups excluding carboxylic acids is 3. The highest BCUT2D eigenvalue weighted by Crippen LogP contribution is 2.27. The van der Waals surface area contributed by atoms with Crippen LogP contribution in [-0.4, -0.2) is 78.8 Å². The number of nitrogens with zero attached hydrogens (tertiary/aromatic N) is 4. The van der Waals surface area contributed by atoms with Gasteiger partial charge in [0.25, 0.3) is 11.8 Å². The minimum absolute atomic E-state index is 0.123. The number of halogens is 1. The van der Waals surface area contributed by atoms with E-state index in [9.17, 15) is 18.8 Å². The van der Waals surface area contributed by atoms with E-state index in [1.54, 1.807) is 36.1 Å². The summed E-state index contributed by atoms with van der Waals surface area (Å²) < 4.78 is 25.6. The number of hydrogen-bond acceptors (Lipinski definition) is 7. The summed E-state index contributed by atoms with van der Waals surface area (Å²) in [5, 5.41) is 8.83. The summed E-state index contributed by atoms with van der Waals surface area (Å²) in [5.41, 5.74) is 1.80. The monoisotopic (exact) mass is 566 g/mol. The zero-order chi connectivity index (χ0) is 30.5. The first-order valence-electron chi connectivity index (χ1n) is 12.7. The number of imide groups is 1. The highest BCUT2D eigenvalue weighted by molar-refractivity contribution is 6.05. The van der Waals surface area contributed by atoms with Gasteiger partial charge in [0, 0.05) is 26.0 Å². The molecule has 0 aliphatic carbocycles. The van der Waals surface area contributed by atoms with Gasteiger partial charge in [-0.3, -0.25) is 19.9 Å². The Hall–Kier alpha value is -4.92.